The van der Waals surface area contributed by atoms with Crippen LogP contribution in [0.5, 0.6) is 5.75 Å². The number of carbonyl (C=O) groups excluding carboxylic acids is 1. The van der Waals surface area contributed by atoms with E-state index < -0.39 is 0 Å². The Kier molecular flexibility index (Phi) is 5.58. The smallest absolute Gasteiger partial charge is 0.271 e. The van der Waals surface area contributed by atoms with Gasteiger partial charge in [-0.25, -0.2) is 0 Å². The van der Waals surface area contributed by atoms with E-state index in [2.05, 4.69) is 29.4 Å². The van der Waals surface area contributed by atoms with Crippen molar-refractivity contribution in [1.29, 1.82) is 0 Å². The van der Waals surface area contributed by atoms with Crippen molar-refractivity contribution < 1.29 is 9.53 Å². The van der Waals surface area contributed by atoms with E-state index in [0.29, 0.717) is 18.2 Å². The van der Waals surface area contributed by atoms with E-state index in [0.717, 1.165) is 29.8 Å². The average Bonchev–Trinajstić information content (AvgIpc) is 2.95. The first-order valence-electron chi connectivity index (χ1n) is 7.54. The van der Waals surface area contributed by atoms with Crippen LogP contribution in [0.25, 0.3) is 0 Å². The van der Waals surface area contributed by atoms with Gasteiger partial charge in [-0.1, -0.05) is 32.0 Å². The molecule has 2 N–H and O–H groups in total. The van der Waals surface area contributed by atoms with Crippen LogP contribution in [0.1, 0.15) is 35.6 Å². The summed E-state index contributed by atoms with van der Waals surface area (Å²) in [6.45, 7) is 4.81. The molecule has 0 fully saturated rings. The third-order valence-corrected chi connectivity index (χ3v) is 3.36. The summed E-state index contributed by atoms with van der Waals surface area (Å²) in [7, 11) is 1.65. The van der Waals surface area contributed by atoms with E-state index in [-0.39, 0.29) is 5.91 Å². The van der Waals surface area contributed by atoms with Gasteiger partial charge in [0.05, 0.1) is 7.11 Å². The van der Waals surface area contributed by atoms with Crippen molar-refractivity contribution >= 4 is 5.91 Å². The van der Waals surface area contributed by atoms with Crippen LogP contribution >= 0.6 is 0 Å². The number of rotatable bonds is 7. The van der Waals surface area contributed by atoms with E-state index in [9.17, 15) is 4.79 Å². The first kappa shape index (κ1) is 16.1. The molecule has 0 atom stereocenters. The van der Waals surface area contributed by atoms with Crippen LogP contribution in [0.4, 0.5) is 0 Å². The third-order valence-electron chi connectivity index (χ3n) is 3.36. The molecule has 0 aliphatic heterocycles. The second kappa shape index (κ2) is 7.64. The number of ether oxygens (including phenoxy) is 1. The molecule has 0 saturated heterocycles. The predicted octanol–water partition coefficient (Wildman–Crippen LogP) is 2.59. The largest absolute Gasteiger partial charge is 0.496 e. The van der Waals surface area contributed by atoms with Crippen LogP contribution in [0.15, 0.2) is 30.3 Å². The Morgan fingerprint density at radius 3 is 2.86 bits per heavy atom. The van der Waals surface area contributed by atoms with Crippen molar-refractivity contribution in [2.75, 3.05) is 13.7 Å². The number of hydrogen-bond acceptors (Lipinski definition) is 3. The van der Waals surface area contributed by atoms with Crippen LogP contribution in [0.2, 0.25) is 0 Å². The quantitative estimate of drug-likeness (QED) is 0.826. The van der Waals surface area contributed by atoms with E-state index >= 15 is 0 Å². The molecule has 22 heavy (non-hydrogen) atoms. The Morgan fingerprint density at radius 1 is 1.36 bits per heavy atom. The summed E-state index contributed by atoms with van der Waals surface area (Å²) < 4.78 is 5.30. The first-order chi connectivity index (χ1) is 10.6. The number of methoxy groups -OCH3 is 1. The number of nitrogens with one attached hydrogen (secondary N) is 2. The first-order valence-corrected chi connectivity index (χ1v) is 7.54. The van der Waals surface area contributed by atoms with Gasteiger partial charge in [-0.2, -0.15) is 5.10 Å². The van der Waals surface area contributed by atoms with Crippen LogP contribution in [-0.4, -0.2) is 29.8 Å². The number of aromatic nitrogens is 2. The fraction of sp³-hybridized carbons (Fsp3) is 0.412. The van der Waals surface area contributed by atoms with Crippen LogP contribution in [0, 0.1) is 5.92 Å². The minimum absolute atomic E-state index is 0.152. The standard InChI is InChI=1S/C17H23N3O2/c1-12(2)10-14-11-15(20-19-14)17(21)18-9-8-13-6-4-5-7-16(13)22-3/h4-7,11-12H,8-10H2,1-3H3,(H,18,21)(H,19,20). The molecule has 5 nitrogen and oxygen atoms in total. The lowest BCUT2D eigenvalue weighted by atomic mass is 10.1. The van der Waals surface area contributed by atoms with E-state index in [1.54, 1.807) is 7.11 Å². The van der Waals surface area contributed by atoms with E-state index in [1.165, 1.54) is 0 Å². The molecular formula is C17H23N3O2. The van der Waals surface area contributed by atoms with Gasteiger partial charge in [0, 0.05) is 12.2 Å². The lowest BCUT2D eigenvalue weighted by molar-refractivity contribution is 0.0949. The molecule has 0 bridgehead atoms. The molecule has 2 rings (SSSR count). The van der Waals surface area contributed by atoms with Gasteiger partial charge in [0.2, 0.25) is 0 Å². The molecule has 1 amide bonds. The van der Waals surface area contributed by atoms with E-state index in [1.807, 2.05) is 30.3 Å². The molecule has 1 aromatic carbocycles. The van der Waals surface area contributed by atoms with Gasteiger partial charge in [-0.05, 0) is 36.5 Å². The second-order valence-electron chi connectivity index (χ2n) is 5.69. The van der Waals surface area contributed by atoms with Crippen LogP contribution < -0.4 is 10.1 Å². The number of carbonyl (C=O) groups is 1. The van der Waals surface area contributed by atoms with Gasteiger partial charge in [0.25, 0.3) is 5.91 Å². The molecule has 0 aliphatic rings. The summed E-state index contributed by atoms with van der Waals surface area (Å²) in [5.74, 6) is 1.22. The summed E-state index contributed by atoms with van der Waals surface area (Å²) in [4.78, 5) is 12.1. The van der Waals surface area contributed by atoms with Crippen molar-refractivity contribution in [2.45, 2.75) is 26.7 Å². The highest BCUT2D eigenvalue weighted by Gasteiger charge is 2.11. The number of aromatic amines is 1. The summed E-state index contributed by atoms with van der Waals surface area (Å²) in [6, 6.07) is 9.63. The number of para-hydroxylation sites is 1. The number of H-pyrrole nitrogens is 1. The predicted molar refractivity (Wildman–Crippen MR) is 86.2 cm³/mol. The number of nitrogens with zero attached hydrogens (tertiary/aromatic N) is 1. The maximum atomic E-state index is 12.1. The highest BCUT2D eigenvalue weighted by molar-refractivity contribution is 5.92. The fourth-order valence-electron chi connectivity index (χ4n) is 2.33. The zero-order valence-electron chi connectivity index (χ0n) is 13.3. The lowest BCUT2D eigenvalue weighted by Gasteiger charge is -2.08. The topological polar surface area (TPSA) is 67.0 Å². The Morgan fingerprint density at radius 2 is 2.14 bits per heavy atom. The Bertz CT molecular complexity index is 620. The SMILES string of the molecule is COc1ccccc1CCNC(=O)c1cc(CC(C)C)[nH]n1. The fourth-order valence-corrected chi connectivity index (χ4v) is 2.33. The maximum absolute atomic E-state index is 12.1. The Hall–Kier alpha value is -2.30. The van der Waals surface area contributed by atoms with Gasteiger partial charge in [-0.15, -0.1) is 0 Å². The Balaban J connectivity index is 1.86. The molecular weight excluding hydrogens is 278 g/mol. The zero-order chi connectivity index (χ0) is 15.9. The number of amides is 1. The van der Waals surface area contributed by atoms with Gasteiger partial charge in [0.15, 0.2) is 0 Å². The Labute approximate surface area is 131 Å². The summed E-state index contributed by atoms with van der Waals surface area (Å²) in [5.41, 5.74) is 2.51. The van der Waals surface area contributed by atoms with Crippen molar-refractivity contribution in [2.24, 2.45) is 5.92 Å². The van der Waals surface area contributed by atoms with Crippen molar-refractivity contribution in [3.05, 3.63) is 47.3 Å². The zero-order valence-corrected chi connectivity index (χ0v) is 13.3. The van der Waals surface area contributed by atoms with Crippen molar-refractivity contribution in [1.82, 2.24) is 15.5 Å². The molecule has 2 aromatic rings. The highest BCUT2D eigenvalue weighted by atomic mass is 16.5. The highest BCUT2D eigenvalue weighted by Crippen LogP contribution is 2.17. The lowest BCUT2D eigenvalue weighted by Crippen LogP contribution is -2.26. The molecule has 118 valence electrons. The van der Waals surface area contributed by atoms with Crippen molar-refractivity contribution in [3.8, 4) is 5.75 Å². The molecule has 5 heteroatoms. The number of hydrogen-bond donors (Lipinski definition) is 2. The minimum atomic E-state index is -0.152. The summed E-state index contributed by atoms with van der Waals surface area (Å²) in [5, 5.41) is 9.87. The molecule has 0 spiro atoms. The molecule has 0 aliphatic carbocycles. The van der Waals surface area contributed by atoms with Crippen molar-refractivity contribution in [3.63, 3.8) is 0 Å². The van der Waals surface area contributed by atoms with Gasteiger partial charge in [0.1, 0.15) is 11.4 Å². The van der Waals surface area contributed by atoms with Gasteiger partial charge in [-0.3, -0.25) is 9.89 Å². The molecule has 0 radical (unpaired) electrons. The summed E-state index contributed by atoms with van der Waals surface area (Å²) >= 11 is 0. The number of benzene rings is 1. The monoisotopic (exact) mass is 301 g/mol. The van der Waals surface area contributed by atoms with E-state index in [4.69, 9.17) is 4.74 Å². The van der Waals surface area contributed by atoms with Crippen LogP contribution in [-0.2, 0) is 12.8 Å². The molecule has 1 aromatic heterocycles. The summed E-state index contributed by atoms with van der Waals surface area (Å²) in [6.07, 6.45) is 1.61. The third kappa shape index (κ3) is 4.35. The average molecular weight is 301 g/mol. The van der Waals surface area contributed by atoms with Gasteiger partial charge < -0.3 is 10.1 Å². The van der Waals surface area contributed by atoms with Gasteiger partial charge >= 0.3 is 0 Å². The second-order valence-corrected chi connectivity index (χ2v) is 5.69. The normalized spacial score (nSPS) is 10.7. The molecule has 0 saturated carbocycles. The maximum Gasteiger partial charge on any atom is 0.271 e. The molecule has 1 heterocycles. The van der Waals surface area contributed by atoms with Crippen LogP contribution in [0.3, 0.4) is 0 Å². The minimum Gasteiger partial charge on any atom is -0.496 e. The molecule has 0 unspecified atom stereocenters.